The monoisotopic (exact) mass is 369 g/mol. The molecule has 1 aliphatic rings. The van der Waals surface area contributed by atoms with Gasteiger partial charge in [0.15, 0.2) is 0 Å². The van der Waals surface area contributed by atoms with Crippen molar-refractivity contribution in [3.05, 3.63) is 16.3 Å². The van der Waals surface area contributed by atoms with Crippen molar-refractivity contribution in [3.63, 3.8) is 0 Å². The summed E-state index contributed by atoms with van der Waals surface area (Å²) in [5, 5.41) is 4.54. The van der Waals surface area contributed by atoms with Crippen LogP contribution in [0.3, 0.4) is 0 Å². The fourth-order valence-corrected chi connectivity index (χ4v) is 2.82. The number of rotatable bonds is 4. The van der Waals surface area contributed by atoms with E-state index in [1.54, 1.807) is 11.4 Å². The van der Waals surface area contributed by atoms with Gasteiger partial charge in [-0.15, -0.1) is 36.2 Å². The molecule has 0 atom stereocenters. The predicted octanol–water partition coefficient (Wildman–Crippen LogP) is 1.56. The number of amides is 1. The van der Waals surface area contributed by atoms with E-state index in [0.717, 1.165) is 26.2 Å². The van der Waals surface area contributed by atoms with Gasteiger partial charge in [0.1, 0.15) is 4.88 Å². The van der Waals surface area contributed by atoms with Crippen molar-refractivity contribution < 1.29 is 14.3 Å². The molecule has 6 nitrogen and oxygen atoms in total. The molecular weight excluding hydrogens is 349 g/mol. The molecule has 2 heterocycles. The molecule has 0 spiro atoms. The maximum Gasteiger partial charge on any atom is 0.350 e. The predicted molar refractivity (Wildman–Crippen MR) is 92.7 cm³/mol. The first-order chi connectivity index (χ1) is 9.60. The summed E-state index contributed by atoms with van der Waals surface area (Å²) in [4.78, 5) is 28.3. The Morgan fingerprint density at radius 2 is 1.91 bits per heavy atom. The highest BCUT2D eigenvalue weighted by molar-refractivity contribution is 7.12. The number of likely N-dealkylation sites (N-methyl/N-ethyl adjacent to an activating group) is 1. The van der Waals surface area contributed by atoms with Crippen LogP contribution in [-0.2, 0) is 9.53 Å². The number of halogens is 2. The molecule has 1 N–H and O–H groups in total. The van der Waals surface area contributed by atoms with E-state index in [1.807, 2.05) is 0 Å². The molecule has 0 saturated carbocycles. The normalized spacial score (nSPS) is 15.4. The van der Waals surface area contributed by atoms with Gasteiger partial charge in [-0.2, -0.15) is 0 Å². The van der Waals surface area contributed by atoms with Gasteiger partial charge in [0, 0.05) is 26.2 Å². The highest BCUT2D eigenvalue weighted by Gasteiger charge is 2.19. The summed E-state index contributed by atoms with van der Waals surface area (Å²) in [6, 6.07) is 1.72. The first kappa shape index (κ1) is 21.1. The van der Waals surface area contributed by atoms with Gasteiger partial charge in [-0.25, -0.2) is 4.79 Å². The van der Waals surface area contributed by atoms with Crippen LogP contribution in [0.4, 0.5) is 5.69 Å². The van der Waals surface area contributed by atoms with Gasteiger partial charge in [0.25, 0.3) is 0 Å². The third-order valence-electron chi connectivity index (χ3n) is 3.27. The number of hydrogen-bond donors (Lipinski definition) is 1. The molecule has 2 rings (SSSR count). The van der Waals surface area contributed by atoms with Gasteiger partial charge in [0.2, 0.25) is 5.91 Å². The van der Waals surface area contributed by atoms with Crippen LogP contribution in [0.2, 0.25) is 0 Å². The largest absolute Gasteiger partial charge is 0.465 e. The minimum absolute atomic E-state index is 0. The lowest BCUT2D eigenvalue weighted by Gasteiger charge is -2.31. The fraction of sp³-hybridized carbons (Fsp3) is 0.538. The van der Waals surface area contributed by atoms with Gasteiger partial charge >= 0.3 is 5.97 Å². The molecule has 1 aliphatic heterocycles. The average molecular weight is 370 g/mol. The van der Waals surface area contributed by atoms with Crippen LogP contribution < -0.4 is 5.32 Å². The molecule has 1 amide bonds. The smallest absolute Gasteiger partial charge is 0.350 e. The number of ether oxygens (including phenoxy) is 1. The van der Waals surface area contributed by atoms with Gasteiger partial charge in [-0.1, -0.05) is 0 Å². The zero-order valence-corrected chi connectivity index (χ0v) is 15.0. The third-order valence-corrected chi connectivity index (χ3v) is 4.17. The lowest BCUT2D eigenvalue weighted by Crippen LogP contribution is -2.47. The van der Waals surface area contributed by atoms with E-state index < -0.39 is 5.97 Å². The second-order valence-corrected chi connectivity index (χ2v) is 5.70. The Labute approximate surface area is 146 Å². The molecule has 1 aromatic rings. The average Bonchev–Trinajstić information content (AvgIpc) is 2.88. The highest BCUT2D eigenvalue weighted by atomic mass is 35.5. The van der Waals surface area contributed by atoms with Crippen molar-refractivity contribution in [2.45, 2.75) is 0 Å². The van der Waals surface area contributed by atoms with Crippen LogP contribution in [0.25, 0.3) is 0 Å². The number of hydrogen-bond acceptors (Lipinski definition) is 6. The molecule has 126 valence electrons. The number of piperazine rings is 1. The van der Waals surface area contributed by atoms with E-state index >= 15 is 0 Å². The zero-order valence-electron chi connectivity index (χ0n) is 12.5. The maximum atomic E-state index is 12.0. The number of carbonyl (C=O) groups is 2. The number of carbonyl (C=O) groups excluding carboxylic acids is 2. The molecule has 22 heavy (non-hydrogen) atoms. The molecule has 0 bridgehead atoms. The summed E-state index contributed by atoms with van der Waals surface area (Å²) in [5.41, 5.74) is 0.529. The molecule has 1 aromatic heterocycles. The van der Waals surface area contributed by atoms with Gasteiger partial charge < -0.3 is 15.0 Å². The van der Waals surface area contributed by atoms with E-state index in [4.69, 9.17) is 0 Å². The summed E-state index contributed by atoms with van der Waals surface area (Å²) in [6.45, 7) is 4.07. The first-order valence-electron chi connectivity index (χ1n) is 6.46. The Kier molecular flexibility index (Phi) is 9.63. The van der Waals surface area contributed by atoms with Crippen molar-refractivity contribution >= 4 is 53.7 Å². The van der Waals surface area contributed by atoms with Crippen LogP contribution in [0.1, 0.15) is 9.67 Å². The molecule has 1 saturated heterocycles. The third kappa shape index (κ3) is 5.73. The number of thiophene rings is 1. The molecule has 0 radical (unpaired) electrons. The van der Waals surface area contributed by atoms with Crippen molar-refractivity contribution in [3.8, 4) is 0 Å². The standard InChI is InChI=1S/C13H19N3O3S.2ClH/c1-15-4-6-16(7-5-15)9-11(17)14-10-3-8-20-12(10)13(18)19-2;;/h3,8H,4-7,9H2,1-2H3,(H,14,17);2*1H. The van der Waals surface area contributed by atoms with Crippen LogP contribution in [0, 0.1) is 0 Å². The van der Waals surface area contributed by atoms with Crippen LogP contribution in [0.15, 0.2) is 11.4 Å². The van der Waals surface area contributed by atoms with Gasteiger partial charge in [-0.05, 0) is 18.5 Å². The van der Waals surface area contributed by atoms with Crippen molar-refractivity contribution in [2.75, 3.05) is 52.2 Å². The Morgan fingerprint density at radius 3 is 2.50 bits per heavy atom. The van der Waals surface area contributed by atoms with Crippen molar-refractivity contribution in [1.82, 2.24) is 9.80 Å². The summed E-state index contributed by atoms with van der Waals surface area (Å²) < 4.78 is 4.68. The van der Waals surface area contributed by atoms with Crippen molar-refractivity contribution in [1.29, 1.82) is 0 Å². The maximum absolute atomic E-state index is 12.0. The Morgan fingerprint density at radius 1 is 1.27 bits per heavy atom. The Bertz CT molecular complexity index is 491. The SMILES string of the molecule is COC(=O)c1sccc1NC(=O)CN1CCN(C)CC1.Cl.Cl. The molecule has 1 fully saturated rings. The van der Waals surface area contributed by atoms with Crippen LogP contribution >= 0.6 is 36.2 Å². The topological polar surface area (TPSA) is 61.9 Å². The molecule has 0 unspecified atom stereocenters. The summed E-state index contributed by atoms with van der Waals surface area (Å²) in [6.07, 6.45) is 0. The number of nitrogens with one attached hydrogen (secondary N) is 1. The summed E-state index contributed by atoms with van der Waals surface area (Å²) in [7, 11) is 3.41. The van der Waals surface area contributed by atoms with E-state index in [2.05, 4.69) is 26.9 Å². The Hall–Kier alpha value is -0.860. The lowest BCUT2D eigenvalue weighted by molar-refractivity contribution is -0.117. The summed E-state index contributed by atoms with van der Waals surface area (Å²) in [5.74, 6) is -0.520. The second kappa shape index (κ2) is 10.0. The minimum atomic E-state index is -0.421. The molecular formula is C13H21Cl2N3O3S. The number of nitrogens with zero attached hydrogens (tertiary/aromatic N) is 2. The minimum Gasteiger partial charge on any atom is -0.465 e. The van der Waals surface area contributed by atoms with E-state index in [9.17, 15) is 9.59 Å². The zero-order chi connectivity index (χ0) is 14.5. The second-order valence-electron chi connectivity index (χ2n) is 4.78. The van der Waals surface area contributed by atoms with Crippen LogP contribution in [0.5, 0.6) is 0 Å². The Balaban J connectivity index is 0.00000220. The lowest BCUT2D eigenvalue weighted by atomic mass is 10.3. The number of anilines is 1. The van der Waals surface area contributed by atoms with Gasteiger partial charge in [0.05, 0.1) is 19.3 Å². The quantitative estimate of drug-likeness (QED) is 0.816. The van der Waals surface area contributed by atoms with E-state index in [0.29, 0.717) is 17.1 Å². The molecule has 9 heteroatoms. The number of methoxy groups -OCH3 is 1. The van der Waals surface area contributed by atoms with Crippen LogP contribution in [-0.4, -0.2) is 68.6 Å². The summed E-state index contributed by atoms with van der Waals surface area (Å²) >= 11 is 1.26. The first-order valence-corrected chi connectivity index (χ1v) is 7.34. The molecule has 0 aromatic carbocycles. The van der Waals surface area contributed by atoms with E-state index in [1.165, 1.54) is 18.4 Å². The number of esters is 1. The fourth-order valence-electron chi connectivity index (χ4n) is 2.06. The highest BCUT2D eigenvalue weighted by Crippen LogP contribution is 2.23. The van der Waals surface area contributed by atoms with Crippen molar-refractivity contribution in [2.24, 2.45) is 0 Å². The molecule has 0 aliphatic carbocycles. The van der Waals surface area contributed by atoms with Gasteiger partial charge in [-0.3, -0.25) is 9.69 Å². The van der Waals surface area contributed by atoms with E-state index in [-0.39, 0.29) is 30.7 Å².